The second-order valence-electron chi connectivity index (χ2n) is 5.16. The second kappa shape index (κ2) is 8.75. The third-order valence-electron chi connectivity index (χ3n) is 3.93. The van der Waals surface area contributed by atoms with Gasteiger partial charge in [-0.05, 0) is 24.1 Å². The van der Waals surface area contributed by atoms with Crippen molar-refractivity contribution in [2.75, 3.05) is 20.2 Å². The molecule has 0 fully saturated rings. The van der Waals surface area contributed by atoms with Crippen LogP contribution in [0.15, 0.2) is 24.3 Å². The van der Waals surface area contributed by atoms with E-state index in [0.29, 0.717) is 5.56 Å². The van der Waals surface area contributed by atoms with Gasteiger partial charge in [0.15, 0.2) is 0 Å². The Bertz CT molecular complexity index is 413. The van der Waals surface area contributed by atoms with E-state index in [-0.39, 0.29) is 5.97 Å². The van der Waals surface area contributed by atoms with Crippen LogP contribution in [0.3, 0.4) is 0 Å². The summed E-state index contributed by atoms with van der Waals surface area (Å²) in [5.74, 6) is 0.472. The lowest BCUT2D eigenvalue weighted by Crippen LogP contribution is -2.29. The molecule has 0 radical (unpaired) electrons. The van der Waals surface area contributed by atoms with Crippen molar-refractivity contribution < 1.29 is 9.53 Å². The number of rotatable bonds is 8. The number of esters is 1. The van der Waals surface area contributed by atoms with Crippen molar-refractivity contribution in [2.45, 2.75) is 40.2 Å². The first-order chi connectivity index (χ1) is 9.65. The normalized spacial score (nSPS) is 11.1. The number of hydrogen-bond acceptors (Lipinski definition) is 3. The van der Waals surface area contributed by atoms with Gasteiger partial charge in [-0.2, -0.15) is 0 Å². The molecule has 0 aliphatic rings. The molecule has 1 aromatic carbocycles. The van der Waals surface area contributed by atoms with Gasteiger partial charge in [-0.15, -0.1) is 0 Å². The predicted octanol–water partition coefficient (Wildman–Crippen LogP) is 3.73. The third-order valence-corrected chi connectivity index (χ3v) is 3.93. The highest BCUT2D eigenvalue weighted by molar-refractivity contribution is 5.90. The van der Waals surface area contributed by atoms with E-state index in [9.17, 15) is 4.79 Å². The summed E-state index contributed by atoms with van der Waals surface area (Å²) in [7, 11) is 1.43. The molecule has 0 N–H and O–H groups in total. The van der Waals surface area contributed by atoms with Gasteiger partial charge in [-0.3, -0.25) is 4.90 Å². The molecular formula is C17H27NO2. The highest BCUT2D eigenvalue weighted by atomic mass is 16.5. The monoisotopic (exact) mass is 277 g/mol. The van der Waals surface area contributed by atoms with Crippen molar-refractivity contribution in [1.82, 2.24) is 4.90 Å². The molecule has 0 unspecified atom stereocenters. The smallest absolute Gasteiger partial charge is 0.338 e. The maximum absolute atomic E-state index is 11.8. The summed E-state index contributed by atoms with van der Waals surface area (Å²) < 4.78 is 4.86. The van der Waals surface area contributed by atoms with Crippen LogP contribution >= 0.6 is 0 Å². The number of nitrogens with zero attached hydrogens (tertiary/aromatic N) is 1. The summed E-state index contributed by atoms with van der Waals surface area (Å²) in [5.41, 5.74) is 1.73. The lowest BCUT2D eigenvalue weighted by atomic mass is 10.0. The number of hydrogen-bond donors (Lipinski definition) is 0. The van der Waals surface area contributed by atoms with Crippen LogP contribution in [0.25, 0.3) is 0 Å². The summed E-state index contributed by atoms with van der Waals surface area (Å²) in [6.45, 7) is 9.53. The van der Waals surface area contributed by atoms with Gasteiger partial charge >= 0.3 is 5.97 Å². The van der Waals surface area contributed by atoms with Crippen LogP contribution < -0.4 is 0 Å². The highest BCUT2D eigenvalue weighted by Crippen LogP contribution is 2.16. The minimum Gasteiger partial charge on any atom is -0.465 e. The summed E-state index contributed by atoms with van der Waals surface area (Å²) in [6.07, 6.45) is 2.40. The van der Waals surface area contributed by atoms with Crippen LogP contribution in [-0.2, 0) is 11.3 Å². The van der Waals surface area contributed by atoms with Gasteiger partial charge in [0.05, 0.1) is 12.7 Å². The van der Waals surface area contributed by atoms with Crippen molar-refractivity contribution in [2.24, 2.45) is 5.92 Å². The van der Waals surface area contributed by atoms with E-state index in [1.54, 1.807) is 0 Å². The lowest BCUT2D eigenvalue weighted by Gasteiger charge is -2.25. The summed E-state index contributed by atoms with van der Waals surface area (Å²) in [5, 5.41) is 0. The zero-order valence-corrected chi connectivity index (χ0v) is 13.2. The molecule has 20 heavy (non-hydrogen) atoms. The van der Waals surface area contributed by atoms with Gasteiger partial charge in [0.25, 0.3) is 0 Å². The van der Waals surface area contributed by atoms with E-state index in [1.807, 2.05) is 24.3 Å². The van der Waals surface area contributed by atoms with E-state index < -0.39 is 0 Å². The van der Waals surface area contributed by atoms with Gasteiger partial charge < -0.3 is 4.74 Å². The van der Waals surface area contributed by atoms with E-state index in [1.165, 1.54) is 20.0 Å². The molecular weight excluding hydrogens is 250 g/mol. The van der Waals surface area contributed by atoms with Crippen LogP contribution in [0, 0.1) is 5.92 Å². The largest absolute Gasteiger partial charge is 0.465 e. The Morgan fingerprint density at radius 1 is 1.20 bits per heavy atom. The third kappa shape index (κ3) is 4.64. The minimum absolute atomic E-state index is 0.251. The zero-order chi connectivity index (χ0) is 15.0. The average Bonchev–Trinajstić information content (AvgIpc) is 2.51. The first-order valence-electron chi connectivity index (χ1n) is 7.54. The first kappa shape index (κ1) is 16.7. The Labute approximate surface area is 122 Å². The van der Waals surface area contributed by atoms with Crippen molar-refractivity contribution in [3.8, 4) is 0 Å². The molecule has 0 saturated heterocycles. The molecule has 0 amide bonds. The van der Waals surface area contributed by atoms with E-state index >= 15 is 0 Å². The van der Waals surface area contributed by atoms with Crippen LogP contribution in [-0.4, -0.2) is 31.1 Å². The van der Waals surface area contributed by atoms with Crippen molar-refractivity contribution >= 4 is 5.97 Å². The molecule has 0 bridgehead atoms. The van der Waals surface area contributed by atoms with Crippen molar-refractivity contribution in [1.29, 1.82) is 0 Å². The zero-order valence-electron chi connectivity index (χ0n) is 13.2. The number of benzene rings is 1. The van der Waals surface area contributed by atoms with Gasteiger partial charge in [0.2, 0.25) is 0 Å². The Morgan fingerprint density at radius 3 is 2.40 bits per heavy atom. The van der Waals surface area contributed by atoms with Crippen LogP contribution in [0.2, 0.25) is 0 Å². The van der Waals surface area contributed by atoms with Crippen molar-refractivity contribution in [3.63, 3.8) is 0 Å². The Balaban J connectivity index is 2.82. The van der Waals surface area contributed by atoms with Gasteiger partial charge in [-0.25, -0.2) is 4.79 Å². The van der Waals surface area contributed by atoms with Gasteiger partial charge in [-0.1, -0.05) is 51.8 Å². The molecule has 0 aromatic heterocycles. The highest BCUT2D eigenvalue weighted by Gasteiger charge is 2.15. The fraction of sp³-hybridized carbons (Fsp3) is 0.588. The maximum atomic E-state index is 11.8. The molecule has 0 atom stereocenters. The Kier molecular flexibility index (Phi) is 7.31. The summed E-state index contributed by atoms with van der Waals surface area (Å²) in [6, 6.07) is 7.72. The Hall–Kier alpha value is -1.35. The average molecular weight is 277 g/mol. The number of methoxy groups -OCH3 is 1. The molecule has 0 heterocycles. The van der Waals surface area contributed by atoms with E-state index in [0.717, 1.165) is 31.1 Å². The molecule has 1 aromatic rings. The van der Waals surface area contributed by atoms with Crippen molar-refractivity contribution in [3.05, 3.63) is 35.4 Å². The second-order valence-corrected chi connectivity index (χ2v) is 5.16. The fourth-order valence-corrected chi connectivity index (χ4v) is 2.43. The quantitative estimate of drug-likeness (QED) is 0.678. The van der Waals surface area contributed by atoms with Gasteiger partial charge in [0, 0.05) is 13.1 Å². The topological polar surface area (TPSA) is 29.5 Å². The minimum atomic E-state index is -0.251. The van der Waals surface area contributed by atoms with Gasteiger partial charge in [0.1, 0.15) is 0 Å². The molecule has 3 nitrogen and oxygen atoms in total. The molecule has 0 aliphatic carbocycles. The lowest BCUT2D eigenvalue weighted by molar-refractivity contribution is 0.0598. The summed E-state index contributed by atoms with van der Waals surface area (Å²) in [4.78, 5) is 14.2. The molecule has 0 spiro atoms. The molecule has 1 rings (SSSR count). The molecule has 3 heteroatoms. The molecule has 0 aliphatic heterocycles. The van der Waals surface area contributed by atoms with Crippen LogP contribution in [0.5, 0.6) is 0 Å². The first-order valence-corrected chi connectivity index (χ1v) is 7.54. The standard InChI is InChI=1S/C17H27NO2/c1-5-14(6-2)12-18(7-3)13-15-10-8-9-11-16(15)17(19)20-4/h8-11,14H,5-7,12-13H2,1-4H3. The SMILES string of the molecule is CCC(CC)CN(CC)Cc1ccccc1C(=O)OC. The fourth-order valence-electron chi connectivity index (χ4n) is 2.43. The maximum Gasteiger partial charge on any atom is 0.338 e. The van der Waals surface area contributed by atoms with Crippen LogP contribution in [0.1, 0.15) is 49.5 Å². The number of carbonyl (C=O) groups excluding carboxylic acids is 1. The van der Waals surface area contributed by atoms with E-state index in [4.69, 9.17) is 4.74 Å². The van der Waals surface area contributed by atoms with Crippen LogP contribution in [0.4, 0.5) is 0 Å². The number of carbonyl (C=O) groups is 1. The predicted molar refractivity (Wildman–Crippen MR) is 82.8 cm³/mol. The number of ether oxygens (including phenoxy) is 1. The molecule has 112 valence electrons. The molecule has 0 saturated carbocycles. The Morgan fingerprint density at radius 2 is 1.85 bits per heavy atom. The summed E-state index contributed by atoms with van der Waals surface area (Å²) >= 11 is 0. The van der Waals surface area contributed by atoms with E-state index in [2.05, 4.69) is 25.7 Å².